The number of amides is 1. The van der Waals surface area contributed by atoms with Gasteiger partial charge >= 0.3 is 5.69 Å². The summed E-state index contributed by atoms with van der Waals surface area (Å²) in [5.41, 5.74) is 3.87. The van der Waals surface area contributed by atoms with Gasteiger partial charge in [0.25, 0.3) is 5.91 Å². The zero-order valence-electron chi connectivity index (χ0n) is 21.5. The summed E-state index contributed by atoms with van der Waals surface area (Å²) in [6.45, 7) is 3.61. The molecule has 1 N–H and O–H groups in total. The van der Waals surface area contributed by atoms with E-state index in [1.165, 1.54) is 43.4 Å². The zero-order valence-corrected chi connectivity index (χ0v) is 22.3. The van der Waals surface area contributed by atoms with Crippen LogP contribution in [0.5, 0.6) is 0 Å². The lowest BCUT2D eigenvalue weighted by Gasteiger charge is -2.08. The van der Waals surface area contributed by atoms with Gasteiger partial charge in [0.1, 0.15) is 22.5 Å². The lowest BCUT2D eigenvalue weighted by atomic mass is 9.98. The molecule has 37 heavy (non-hydrogen) atoms. The summed E-state index contributed by atoms with van der Waals surface area (Å²) in [6, 6.07) is 9.54. The number of thiophene rings is 1. The molecule has 2 aromatic heterocycles. The van der Waals surface area contributed by atoms with Gasteiger partial charge in [0.15, 0.2) is 0 Å². The smallest absolute Gasteiger partial charge is 0.312 e. The topological polar surface area (TPSA) is 114 Å². The number of carbonyl (C=O) groups is 1. The van der Waals surface area contributed by atoms with Crippen LogP contribution in [0.4, 0.5) is 10.7 Å². The summed E-state index contributed by atoms with van der Waals surface area (Å²) in [5.74, 6) is -0.269. The maximum atomic E-state index is 13.2. The summed E-state index contributed by atoms with van der Waals surface area (Å²) < 4.78 is 1.59. The fraction of sp³-hybridized carbons (Fsp3) is 0.464. The number of aromatic nitrogens is 2. The van der Waals surface area contributed by atoms with Crippen molar-refractivity contribution in [2.24, 2.45) is 0 Å². The third-order valence-corrected chi connectivity index (χ3v) is 8.26. The molecular formula is C28H33N5O3S. The Bertz CT molecular complexity index is 1330. The van der Waals surface area contributed by atoms with Gasteiger partial charge in [0.05, 0.1) is 17.0 Å². The molecule has 4 rings (SSSR count). The van der Waals surface area contributed by atoms with E-state index < -0.39 is 4.92 Å². The predicted molar refractivity (Wildman–Crippen MR) is 145 cm³/mol. The second-order valence-electron chi connectivity index (χ2n) is 9.74. The molecule has 1 aromatic carbocycles. The number of nitriles is 1. The molecule has 0 fully saturated rings. The summed E-state index contributed by atoms with van der Waals surface area (Å²) >= 11 is 1.54. The number of fused-ring (bicyclic) bond motifs is 1. The van der Waals surface area contributed by atoms with Crippen LogP contribution in [0.25, 0.3) is 0 Å². The minimum absolute atomic E-state index is 0.0174. The second kappa shape index (κ2) is 12.2. The minimum atomic E-state index is -0.415. The molecule has 0 spiro atoms. The van der Waals surface area contributed by atoms with Crippen LogP contribution in [-0.2, 0) is 19.4 Å². The van der Waals surface area contributed by atoms with Crippen molar-refractivity contribution in [3.05, 3.63) is 72.9 Å². The second-order valence-corrected chi connectivity index (χ2v) is 10.8. The average Bonchev–Trinajstić information content (AvgIpc) is 3.33. The quantitative estimate of drug-likeness (QED) is 0.292. The number of carbonyl (C=O) groups excluding carboxylic acids is 1. The third-order valence-electron chi connectivity index (χ3n) is 7.06. The van der Waals surface area contributed by atoms with Gasteiger partial charge in [-0.2, -0.15) is 10.4 Å². The van der Waals surface area contributed by atoms with Crippen LogP contribution in [-0.4, -0.2) is 20.6 Å². The number of nitrogens with one attached hydrogen (secondary N) is 1. The van der Waals surface area contributed by atoms with Crippen molar-refractivity contribution in [3.63, 3.8) is 0 Å². The van der Waals surface area contributed by atoms with Gasteiger partial charge in [-0.15, -0.1) is 11.3 Å². The van der Waals surface area contributed by atoms with Crippen LogP contribution in [0.1, 0.15) is 94.7 Å². The lowest BCUT2D eigenvalue weighted by Crippen LogP contribution is -2.13. The molecule has 9 heteroatoms. The Balaban J connectivity index is 1.54. The number of hydrogen-bond acceptors (Lipinski definition) is 6. The van der Waals surface area contributed by atoms with Crippen LogP contribution >= 0.6 is 11.3 Å². The van der Waals surface area contributed by atoms with E-state index in [2.05, 4.69) is 16.5 Å². The van der Waals surface area contributed by atoms with E-state index in [-0.39, 0.29) is 11.6 Å². The number of anilines is 1. The van der Waals surface area contributed by atoms with Gasteiger partial charge in [-0.05, 0) is 62.8 Å². The standard InChI is InChI=1S/C28H33N5O3S/c1-19-26(33(35)36)20(2)32(31-19)18-21-12-11-13-22(16-21)27(34)30-28-24(17-29)23-14-9-7-5-3-4-6-8-10-15-25(23)37-28/h11-13,16H,3-10,14-15,18H2,1-2H3,(H,30,34). The van der Waals surface area contributed by atoms with E-state index in [0.717, 1.165) is 36.8 Å². The Morgan fingerprint density at radius 3 is 2.46 bits per heavy atom. The van der Waals surface area contributed by atoms with Crippen molar-refractivity contribution < 1.29 is 9.72 Å². The Hall–Kier alpha value is -3.51. The first-order valence-corrected chi connectivity index (χ1v) is 13.8. The predicted octanol–water partition coefficient (Wildman–Crippen LogP) is 6.86. The van der Waals surface area contributed by atoms with E-state index in [1.807, 2.05) is 6.07 Å². The van der Waals surface area contributed by atoms with Crippen molar-refractivity contribution >= 4 is 27.9 Å². The SMILES string of the molecule is Cc1nn(Cc2cccc(C(=O)Nc3sc4c(c3C#N)CCCCCCCCCC4)c2)c(C)c1[N+](=O)[O-]. The average molecular weight is 520 g/mol. The zero-order chi connectivity index (χ0) is 26.4. The molecule has 0 unspecified atom stereocenters. The summed E-state index contributed by atoms with van der Waals surface area (Å²) in [4.78, 5) is 25.4. The van der Waals surface area contributed by atoms with E-state index in [9.17, 15) is 20.2 Å². The molecule has 0 radical (unpaired) electrons. The normalized spacial score (nSPS) is 14.6. The Kier molecular flexibility index (Phi) is 8.72. The van der Waals surface area contributed by atoms with Gasteiger partial charge < -0.3 is 5.32 Å². The molecule has 1 amide bonds. The first-order valence-electron chi connectivity index (χ1n) is 13.0. The van der Waals surface area contributed by atoms with Crippen molar-refractivity contribution in [1.82, 2.24) is 9.78 Å². The van der Waals surface area contributed by atoms with Crippen molar-refractivity contribution in [1.29, 1.82) is 5.26 Å². The molecule has 0 saturated heterocycles. The highest BCUT2D eigenvalue weighted by Gasteiger charge is 2.23. The Labute approximate surface area is 221 Å². The largest absolute Gasteiger partial charge is 0.312 e. The van der Waals surface area contributed by atoms with Crippen molar-refractivity contribution in [3.8, 4) is 6.07 Å². The molecule has 8 nitrogen and oxygen atoms in total. The van der Waals surface area contributed by atoms with Crippen molar-refractivity contribution in [2.75, 3.05) is 5.32 Å². The monoisotopic (exact) mass is 519 g/mol. The summed E-state index contributed by atoms with van der Waals surface area (Å²) in [5, 5.41) is 29.3. The molecule has 3 aromatic rings. The number of hydrogen-bond donors (Lipinski definition) is 1. The molecule has 2 heterocycles. The highest BCUT2D eigenvalue weighted by molar-refractivity contribution is 7.16. The molecule has 0 saturated carbocycles. The number of rotatable bonds is 5. The number of benzene rings is 1. The number of aryl methyl sites for hydroxylation is 2. The Morgan fingerprint density at radius 1 is 1.14 bits per heavy atom. The van der Waals surface area contributed by atoms with Gasteiger partial charge in [0, 0.05) is 10.4 Å². The molecule has 194 valence electrons. The maximum Gasteiger partial charge on any atom is 0.312 e. The van der Waals surface area contributed by atoms with Crippen molar-refractivity contribution in [2.45, 2.75) is 84.6 Å². The van der Waals surface area contributed by atoms with Crippen LogP contribution in [0.3, 0.4) is 0 Å². The molecule has 1 aliphatic carbocycles. The molecule has 1 aliphatic rings. The molecule has 0 aliphatic heterocycles. The van der Waals surface area contributed by atoms with E-state index in [0.29, 0.717) is 34.1 Å². The molecular weight excluding hydrogens is 486 g/mol. The fourth-order valence-electron chi connectivity index (χ4n) is 5.10. The summed E-state index contributed by atoms with van der Waals surface area (Å²) in [7, 11) is 0. The van der Waals surface area contributed by atoms with Gasteiger partial charge in [-0.3, -0.25) is 19.6 Å². The Morgan fingerprint density at radius 2 is 1.81 bits per heavy atom. The van der Waals surface area contributed by atoms with Gasteiger partial charge in [-0.1, -0.05) is 50.7 Å². The summed E-state index contributed by atoms with van der Waals surface area (Å²) in [6.07, 6.45) is 11.5. The molecule has 0 atom stereocenters. The first kappa shape index (κ1) is 26.6. The highest BCUT2D eigenvalue weighted by Crippen LogP contribution is 2.36. The van der Waals surface area contributed by atoms with Crippen LogP contribution < -0.4 is 5.32 Å². The highest BCUT2D eigenvalue weighted by atomic mass is 32.1. The number of nitrogens with zero attached hydrogens (tertiary/aromatic N) is 4. The van der Waals surface area contributed by atoms with E-state index in [4.69, 9.17) is 0 Å². The van der Waals surface area contributed by atoms with Crippen LogP contribution in [0.2, 0.25) is 0 Å². The van der Waals surface area contributed by atoms with Gasteiger partial charge in [0.2, 0.25) is 0 Å². The maximum absolute atomic E-state index is 13.2. The van der Waals surface area contributed by atoms with E-state index >= 15 is 0 Å². The fourth-order valence-corrected chi connectivity index (χ4v) is 6.33. The van der Waals surface area contributed by atoms with Gasteiger partial charge in [-0.25, -0.2) is 0 Å². The minimum Gasteiger partial charge on any atom is -0.312 e. The third kappa shape index (κ3) is 6.25. The number of nitro groups is 1. The lowest BCUT2D eigenvalue weighted by molar-refractivity contribution is -0.386. The first-order chi connectivity index (χ1) is 17.9. The van der Waals surface area contributed by atoms with Crippen LogP contribution in [0.15, 0.2) is 24.3 Å². The molecule has 0 bridgehead atoms. The van der Waals surface area contributed by atoms with Crippen LogP contribution in [0, 0.1) is 35.3 Å². The van der Waals surface area contributed by atoms with E-state index in [1.54, 1.807) is 48.1 Å².